The minimum atomic E-state index is -1.05. The Morgan fingerprint density at radius 3 is 2.58 bits per heavy atom. The maximum atomic E-state index is 14.5. The molecule has 1 N–H and O–H groups in total. The van der Waals surface area contributed by atoms with E-state index in [1.54, 1.807) is 18.1 Å². The summed E-state index contributed by atoms with van der Waals surface area (Å²) in [5.74, 6) is -3.13. The lowest BCUT2D eigenvalue weighted by Crippen LogP contribution is -2.62. The number of nitrogens with zero attached hydrogens (tertiary/aromatic N) is 3. The summed E-state index contributed by atoms with van der Waals surface area (Å²) < 4.78 is 36.6. The van der Waals surface area contributed by atoms with Crippen LogP contribution < -0.4 is 15.2 Å². The molecule has 33 heavy (non-hydrogen) atoms. The van der Waals surface area contributed by atoms with Crippen LogP contribution in [0.5, 0.6) is 11.5 Å². The number of aromatic nitrogens is 1. The molecule has 2 aliphatic rings. The fourth-order valence-corrected chi connectivity index (χ4v) is 4.96. The van der Waals surface area contributed by atoms with Crippen LogP contribution in [0.3, 0.4) is 0 Å². The molecule has 1 aromatic heterocycles. The minimum Gasteiger partial charge on any atom is -0.502 e. The SMILES string of the molecule is CN1C(=O)c2c(O)c(=O)ccn2N2C1CCOc1cc(F)c(F)cc1[C@H]2c1ccccc1Br. The highest BCUT2D eigenvalue weighted by Gasteiger charge is 2.43. The van der Waals surface area contributed by atoms with Gasteiger partial charge in [0.25, 0.3) is 5.91 Å². The van der Waals surface area contributed by atoms with Crippen molar-refractivity contribution in [3.8, 4) is 11.5 Å². The Morgan fingerprint density at radius 2 is 1.82 bits per heavy atom. The van der Waals surface area contributed by atoms with E-state index in [1.807, 2.05) is 18.2 Å². The van der Waals surface area contributed by atoms with Crippen LogP contribution in [-0.2, 0) is 0 Å². The molecule has 3 heterocycles. The third kappa shape index (κ3) is 3.28. The maximum absolute atomic E-state index is 14.5. The standard InChI is InChI=1S/C23H18BrF2N3O4/c1-27-19-7-9-33-18-11-16(26)15(25)10-13(18)20(12-4-2-3-5-14(12)24)29(19)28-8-6-17(30)22(31)21(28)23(27)32/h2-6,8,10-11,19-20,31H,7,9H2,1H3/t19?,20-/m1/s1. The molecule has 0 radical (unpaired) electrons. The number of carbonyl (C=O) groups is 1. The first-order chi connectivity index (χ1) is 15.8. The van der Waals surface area contributed by atoms with Crippen molar-refractivity contribution in [2.75, 3.05) is 18.7 Å². The quantitative estimate of drug-likeness (QED) is 0.534. The molecule has 170 valence electrons. The summed E-state index contributed by atoms with van der Waals surface area (Å²) in [6.07, 6.45) is 1.15. The number of hydrogen-bond donors (Lipinski definition) is 1. The van der Waals surface area contributed by atoms with E-state index in [9.17, 15) is 23.5 Å². The first kappa shape index (κ1) is 21.4. The number of aromatic hydroxyl groups is 1. The Morgan fingerprint density at radius 1 is 1.09 bits per heavy atom. The number of amides is 1. The lowest BCUT2D eigenvalue weighted by Gasteiger charge is -2.50. The van der Waals surface area contributed by atoms with E-state index >= 15 is 0 Å². The Kier molecular flexibility index (Phi) is 5.12. The van der Waals surface area contributed by atoms with Crippen LogP contribution in [0, 0.1) is 11.6 Å². The minimum absolute atomic E-state index is 0.126. The molecule has 10 heteroatoms. The fraction of sp³-hybridized carbons (Fsp3) is 0.217. The summed E-state index contributed by atoms with van der Waals surface area (Å²) in [4.78, 5) is 26.7. The smallest absolute Gasteiger partial charge is 0.277 e. The van der Waals surface area contributed by atoms with Gasteiger partial charge in [-0.3, -0.25) is 19.3 Å². The number of carbonyl (C=O) groups excluding carboxylic acids is 1. The van der Waals surface area contributed by atoms with Crippen molar-refractivity contribution >= 4 is 21.8 Å². The van der Waals surface area contributed by atoms with Crippen LogP contribution in [0.1, 0.15) is 34.1 Å². The van der Waals surface area contributed by atoms with Gasteiger partial charge in [0.05, 0.1) is 6.61 Å². The molecule has 0 saturated carbocycles. The number of hydrogen-bond acceptors (Lipinski definition) is 5. The van der Waals surface area contributed by atoms with E-state index in [1.165, 1.54) is 15.8 Å². The van der Waals surface area contributed by atoms with Crippen LogP contribution >= 0.6 is 15.9 Å². The second-order valence-electron chi connectivity index (χ2n) is 7.86. The Balaban J connectivity index is 1.87. The van der Waals surface area contributed by atoms with Gasteiger partial charge in [-0.2, -0.15) is 0 Å². The lowest BCUT2D eigenvalue weighted by molar-refractivity contribution is 0.0573. The van der Waals surface area contributed by atoms with E-state index in [4.69, 9.17) is 4.74 Å². The van der Waals surface area contributed by atoms with Crippen LogP contribution in [0.2, 0.25) is 0 Å². The van der Waals surface area contributed by atoms with E-state index in [-0.39, 0.29) is 18.1 Å². The highest BCUT2D eigenvalue weighted by molar-refractivity contribution is 9.10. The Bertz CT molecular complexity index is 1350. The van der Waals surface area contributed by atoms with E-state index in [2.05, 4.69) is 15.9 Å². The van der Waals surface area contributed by atoms with Gasteiger partial charge in [0.1, 0.15) is 18.0 Å². The van der Waals surface area contributed by atoms with Crippen LogP contribution in [0.15, 0.2) is 57.9 Å². The van der Waals surface area contributed by atoms with Crippen molar-refractivity contribution in [2.24, 2.45) is 0 Å². The molecule has 2 aromatic carbocycles. The van der Waals surface area contributed by atoms with Gasteiger partial charge in [-0.15, -0.1) is 0 Å². The van der Waals surface area contributed by atoms with Gasteiger partial charge < -0.3 is 14.7 Å². The molecule has 0 saturated heterocycles. The van der Waals surface area contributed by atoms with Gasteiger partial charge in [0, 0.05) is 41.8 Å². The number of pyridine rings is 1. The zero-order chi connectivity index (χ0) is 23.4. The van der Waals surface area contributed by atoms with Crippen molar-refractivity contribution < 1.29 is 23.4 Å². The monoisotopic (exact) mass is 517 g/mol. The highest BCUT2D eigenvalue weighted by atomic mass is 79.9. The zero-order valence-corrected chi connectivity index (χ0v) is 18.9. The van der Waals surface area contributed by atoms with Gasteiger partial charge >= 0.3 is 0 Å². The van der Waals surface area contributed by atoms with Crippen LogP contribution in [0.4, 0.5) is 8.78 Å². The molecule has 7 nitrogen and oxygen atoms in total. The molecule has 1 unspecified atom stereocenters. The summed E-state index contributed by atoms with van der Waals surface area (Å²) in [5, 5.41) is 12.3. The third-order valence-electron chi connectivity index (χ3n) is 6.02. The predicted molar refractivity (Wildman–Crippen MR) is 119 cm³/mol. The highest BCUT2D eigenvalue weighted by Crippen LogP contribution is 2.43. The average Bonchev–Trinajstić information content (AvgIpc) is 2.78. The molecule has 0 bridgehead atoms. The van der Waals surface area contributed by atoms with Crippen molar-refractivity contribution in [3.05, 3.63) is 91.8 Å². The topological polar surface area (TPSA) is 75.0 Å². The summed E-state index contributed by atoms with van der Waals surface area (Å²) in [6.45, 7) is 0.126. The number of fused-ring (bicyclic) bond motifs is 4. The lowest BCUT2D eigenvalue weighted by atomic mass is 9.94. The average molecular weight is 518 g/mol. The third-order valence-corrected chi connectivity index (χ3v) is 6.75. The van der Waals surface area contributed by atoms with Gasteiger partial charge in [-0.25, -0.2) is 8.78 Å². The van der Waals surface area contributed by atoms with Gasteiger partial charge in [-0.1, -0.05) is 34.1 Å². The number of benzene rings is 2. The first-order valence-electron chi connectivity index (χ1n) is 10.2. The van der Waals surface area contributed by atoms with Gasteiger partial charge in [0.2, 0.25) is 5.43 Å². The number of rotatable bonds is 1. The summed E-state index contributed by atoms with van der Waals surface area (Å²) in [6, 6.07) is 9.73. The first-order valence-corrected chi connectivity index (χ1v) is 11.0. The molecular formula is C23H18BrF2N3O4. The van der Waals surface area contributed by atoms with E-state index in [0.717, 1.165) is 18.2 Å². The Hall–Kier alpha value is -3.40. The molecule has 0 spiro atoms. The molecule has 2 aliphatic heterocycles. The fourth-order valence-electron chi connectivity index (χ4n) is 4.46. The summed E-state index contributed by atoms with van der Waals surface area (Å²) in [7, 11) is 1.56. The Labute approximate surface area is 195 Å². The molecule has 0 fully saturated rings. The second-order valence-corrected chi connectivity index (χ2v) is 8.72. The van der Waals surface area contributed by atoms with E-state index < -0.39 is 40.9 Å². The largest absolute Gasteiger partial charge is 0.502 e. The molecule has 5 rings (SSSR count). The molecule has 2 atom stereocenters. The van der Waals surface area contributed by atoms with Crippen molar-refractivity contribution in [1.82, 2.24) is 9.58 Å². The molecule has 3 aromatic rings. The summed E-state index contributed by atoms with van der Waals surface area (Å²) in [5.41, 5.74) is 0.122. The van der Waals surface area contributed by atoms with Crippen LogP contribution in [0.25, 0.3) is 0 Å². The maximum Gasteiger partial charge on any atom is 0.277 e. The molecular weight excluding hydrogens is 500 g/mol. The zero-order valence-electron chi connectivity index (χ0n) is 17.3. The van der Waals surface area contributed by atoms with Crippen molar-refractivity contribution in [2.45, 2.75) is 18.6 Å². The number of ether oxygens (including phenoxy) is 1. The molecule has 1 amide bonds. The molecule has 0 aliphatic carbocycles. The normalized spacial score (nSPS) is 19.7. The van der Waals surface area contributed by atoms with Crippen molar-refractivity contribution in [3.63, 3.8) is 0 Å². The van der Waals surface area contributed by atoms with E-state index in [0.29, 0.717) is 22.0 Å². The second kappa shape index (κ2) is 7.87. The summed E-state index contributed by atoms with van der Waals surface area (Å²) >= 11 is 3.55. The van der Waals surface area contributed by atoms with Gasteiger partial charge in [0.15, 0.2) is 23.1 Å². The predicted octanol–water partition coefficient (Wildman–Crippen LogP) is 3.52. The van der Waals surface area contributed by atoms with Crippen LogP contribution in [-0.4, -0.2) is 40.4 Å². The van der Waals surface area contributed by atoms with Gasteiger partial charge in [-0.05, 0) is 17.7 Å². The van der Waals surface area contributed by atoms with Crippen molar-refractivity contribution in [1.29, 1.82) is 0 Å². The number of halogens is 3.